The average molecular weight is 569 g/mol. The number of hydrogen-bond acceptors (Lipinski definition) is 8. The number of aliphatic hydroxyl groups is 1. The molecule has 1 unspecified atom stereocenters. The second kappa shape index (κ2) is 13.8. The van der Waals surface area contributed by atoms with Gasteiger partial charge in [0.1, 0.15) is 17.7 Å². The van der Waals surface area contributed by atoms with Crippen molar-refractivity contribution in [3.05, 3.63) is 52.4 Å². The van der Waals surface area contributed by atoms with Crippen molar-refractivity contribution in [3.63, 3.8) is 0 Å². The van der Waals surface area contributed by atoms with Crippen LogP contribution in [0.15, 0.2) is 45.6 Å². The van der Waals surface area contributed by atoms with Crippen molar-refractivity contribution in [1.29, 1.82) is 0 Å². The molecule has 1 aliphatic heterocycles. The first-order chi connectivity index (χ1) is 19.4. The quantitative estimate of drug-likeness (QED) is 0.161. The van der Waals surface area contributed by atoms with Gasteiger partial charge in [0.25, 0.3) is 11.8 Å². The monoisotopic (exact) mass is 568 g/mol. The SMILES string of the molecule is CC(O)c1cc2ccc(NC(=O)[C@H](C)NC(=O)[C@@H](NC(=O)CCCCCN3C(=O)C=CC3=O)C(C)C)cc2oc1=O. The minimum Gasteiger partial charge on any atom is -0.422 e. The molecule has 12 heteroatoms. The molecular formula is C29H36N4O8. The van der Waals surface area contributed by atoms with Gasteiger partial charge in [-0.2, -0.15) is 0 Å². The maximum absolute atomic E-state index is 12.9. The van der Waals surface area contributed by atoms with Gasteiger partial charge in [-0.3, -0.25) is 28.9 Å². The standard InChI is InChI=1S/C29H36N4O8/c1-16(2)26(32-23(35)8-6-5-7-13-33-24(36)11-12-25(33)37)28(39)30-17(3)27(38)31-20-10-9-19-14-21(18(4)34)29(40)41-22(19)15-20/h9-12,14-18,26,34H,5-8,13H2,1-4H3,(H,30,39)(H,31,38)(H,32,35)/t17-,18?,26-/m0/s1. The zero-order chi connectivity index (χ0) is 30.3. The number of imide groups is 1. The van der Waals surface area contributed by atoms with E-state index in [0.29, 0.717) is 36.9 Å². The fourth-order valence-electron chi connectivity index (χ4n) is 4.28. The van der Waals surface area contributed by atoms with E-state index in [2.05, 4.69) is 16.0 Å². The van der Waals surface area contributed by atoms with Crippen molar-refractivity contribution < 1.29 is 33.5 Å². The van der Waals surface area contributed by atoms with Gasteiger partial charge in [-0.15, -0.1) is 0 Å². The van der Waals surface area contributed by atoms with Crippen LogP contribution in [0.3, 0.4) is 0 Å². The maximum Gasteiger partial charge on any atom is 0.342 e. The molecule has 3 rings (SSSR count). The van der Waals surface area contributed by atoms with Crippen LogP contribution < -0.4 is 21.6 Å². The molecule has 0 aliphatic carbocycles. The lowest BCUT2D eigenvalue weighted by molar-refractivity contribution is -0.137. The third kappa shape index (κ3) is 8.34. The molecule has 5 amide bonds. The van der Waals surface area contributed by atoms with Crippen molar-refractivity contribution in [2.75, 3.05) is 11.9 Å². The number of amides is 5. The van der Waals surface area contributed by atoms with Crippen LogP contribution >= 0.6 is 0 Å². The Kier molecular flexibility index (Phi) is 10.5. The Morgan fingerprint density at radius 1 is 0.902 bits per heavy atom. The lowest BCUT2D eigenvalue weighted by Crippen LogP contribution is -2.53. The lowest BCUT2D eigenvalue weighted by atomic mass is 10.0. The molecule has 2 aromatic rings. The number of benzene rings is 1. The number of nitrogens with one attached hydrogen (secondary N) is 3. The summed E-state index contributed by atoms with van der Waals surface area (Å²) < 4.78 is 5.26. The van der Waals surface area contributed by atoms with E-state index in [4.69, 9.17) is 4.42 Å². The third-order valence-corrected chi connectivity index (χ3v) is 6.68. The molecule has 3 atom stereocenters. The number of hydrogen-bond donors (Lipinski definition) is 4. The summed E-state index contributed by atoms with van der Waals surface area (Å²) >= 11 is 0. The van der Waals surface area contributed by atoms with Crippen LogP contribution in [0.2, 0.25) is 0 Å². The van der Waals surface area contributed by atoms with E-state index < -0.39 is 35.6 Å². The van der Waals surface area contributed by atoms with Gasteiger partial charge in [-0.1, -0.05) is 20.3 Å². The van der Waals surface area contributed by atoms with Gasteiger partial charge >= 0.3 is 5.63 Å². The lowest BCUT2D eigenvalue weighted by Gasteiger charge is -2.24. The van der Waals surface area contributed by atoms with E-state index in [1.807, 2.05) is 0 Å². The Balaban J connectivity index is 1.48. The number of nitrogens with zero attached hydrogens (tertiary/aromatic N) is 1. The Hall–Kier alpha value is -4.32. The van der Waals surface area contributed by atoms with E-state index >= 15 is 0 Å². The van der Waals surface area contributed by atoms with Gasteiger partial charge in [-0.25, -0.2) is 4.79 Å². The van der Waals surface area contributed by atoms with Crippen LogP contribution in [-0.4, -0.2) is 58.2 Å². The number of rotatable bonds is 13. The van der Waals surface area contributed by atoms with Crippen molar-refractivity contribution >= 4 is 46.2 Å². The summed E-state index contributed by atoms with van der Waals surface area (Å²) in [6.07, 6.45) is 3.37. The number of carbonyl (C=O) groups is 5. The highest BCUT2D eigenvalue weighted by Gasteiger charge is 2.27. The average Bonchev–Trinajstić information content (AvgIpc) is 3.22. The second-order valence-corrected chi connectivity index (χ2v) is 10.4. The number of carbonyl (C=O) groups excluding carboxylic acids is 5. The molecule has 0 saturated carbocycles. The van der Waals surface area contributed by atoms with Gasteiger partial charge < -0.3 is 25.5 Å². The summed E-state index contributed by atoms with van der Waals surface area (Å²) in [5, 5.41) is 18.3. The number of aliphatic hydroxyl groups excluding tert-OH is 1. The predicted molar refractivity (Wildman–Crippen MR) is 150 cm³/mol. The molecule has 1 aromatic carbocycles. The number of anilines is 1. The van der Waals surface area contributed by atoms with Crippen molar-refractivity contribution in [3.8, 4) is 0 Å². The first-order valence-corrected chi connectivity index (χ1v) is 13.6. The van der Waals surface area contributed by atoms with E-state index in [1.54, 1.807) is 26.0 Å². The van der Waals surface area contributed by atoms with Crippen LogP contribution in [0.5, 0.6) is 0 Å². The molecule has 0 saturated heterocycles. The zero-order valence-electron chi connectivity index (χ0n) is 23.6. The van der Waals surface area contributed by atoms with E-state index in [1.165, 1.54) is 38.1 Å². The van der Waals surface area contributed by atoms with E-state index in [0.717, 1.165) is 4.90 Å². The van der Waals surface area contributed by atoms with Crippen LogP contribution in [-0.2, 0) is 24.0 Å². The molecule has 0 radical (unpaired) electrons. The van der Waals surface area contributed by atoms with Crippen molar-refractivity contribution in [1.82, 2.24) is 15.5 Å². The molecule has 0 bridgehead atoms. The van der Waals surface area contributed by atoms with E-state index in [9.17, 15) is 33.9 Å². The largest absolute Gasteiger partial charge is 0.422 e. The molecule has 4 N–H and O–H groups in total. The molecule has 220 valence electrons. The van der Waals surface area contributed by atoms with E-state index in [-0.39, 0.29) is 41.2 Å². The summed E-state index contributed by atoms with van der Waals surface area (Å²) in [6, 6.07) is 4.44. The van der Waals surface area contributed by atoms with Crippen LogP contribution in [0.25, 0.3) is 11.0 Å². The Bertz CT molecular complexity index is 1390. The molecule has 1 aromatic heterocycles. The Labute approximate surface area is 237 Å². The Morgan fingerprint density at radius 2 is 1.59 bits per heavy atom. The molecule has 0 spiro atoms. The van der Waals surface area contributed by atoms with Gasteiger partial charge in [-0.05, 0) is 50.8 Å². The van der Waals surface area contributed by atoms with Gasteiger partial charge in [0.15, 0.2) is 0 Å². The normalized spacial score (nSPS) is 15.2. The van der Waals surface area contributed by atoms with Crippen molar-refractivity contribution in [2.45, 2.75) is 71.6 Å². The third-order valence-electron chi connectivity index (χ3n) is 6.68. The zero-order valence-corrected chi connectivity index (χ0v) is 23.6. The predicted octanol–water partition coefficient (Wildman–Crippen LogP) is 1.92. The summed E-state index contributed by atoms with van der Waals surface area (Å²) in [4.78, 5) is 74.5. The van der Waals surface area contributed by atoms with Gasteiger partial charge in [0, 0.05) is 42.3 Å². The van der Waals surface area contributed by atoms with Gasteiger partial charge in [0.05, 0.1) is 11.7 Å². The minimum absolute atomic E-state index is 0.128. The maximum atomic E-state index is 12.9. The molecule has 0 fully saturated rings. The highest BCUT2D eigenvalue weighted by molar-refractivity contribution is 6.12. The molecule has 1 aliphatic rings. The molecule has 41 heavy (non-hydrogen) atoms. The highest BCUT2D eigenvalue weighted by atomic mass is 16.4. The first kappa shape index (κ1) is 31.2. The summed E-state index contributed by atoms with van der Waals surface area (Å²) in [6.45, 7) is 6.82. The fraction of sp³-hybridized carbons (Fsp3) is 0.448. The molecule has 12 nitrogen and oxygen atoms in total. The second-order valence-electron chi connectivity index (χ2n) is 10.4. The fourth-order valence-corrected chi connectivity index (χ4v) is 4.28. The van der Waals surface area contributed by atoms with Crippen molar-refractivity contribution in [2.24, 2.45) is 5.92 Å². The summed E-state index contributed by atoms with van der Waals surface area (Å²) in [7, 11) is 0. The van der Waals surface area contributed by atoms with Crippen LogP contribution in [0.4, 0.5) is 5.69 Å². The molecular weight excluding hydrogens is 532 g/mol. The summed E-state index contributed by atoms with van der Waals surface area (Å²) in [5.74, 6) is -2.26. The summed E-state index contributed by atoms with van der Waals surface area (Å²) in [5.41, 5.74) is 0.0283. The van der Waals surface area contributed by atoms with Crippen LogP contribution in [0, 0.1) is 5.92 Å². The topological polar surface area (TPSA) is 175 Å². The smallest absolute Gasteiger partial charge is 0.342 e. The number of fused-ring (bicyclic) bond motifs is 1. The number of unbranched alkanes of at least 4 members (excludes halogenated alkanes) is 2. The van der Waals surface area contributed by atoms with Gasteiger partial charge in [0.2, 0.25) is 17.7 Å². The highest BCUT2D eigenvalue weighted by Crippen LogP contribution is 2.21. The molecule has 2 heterocycles. The minimum atomic E-state index is -0.984. The van der Waals surface area contributed by atoms with Crippen LogP contribution in [0.1, 0.15) is 65.0 Å². The Morgan fingerprint density at radius 3 is 2.22 bits per heavy atom. The first-order valence-electron chi connectivity index (χ1n) is 13.6.